The molecule has 0 heterocycles. The first-order chi connectivity index (χ1) is 6.50. The van der Waals surface area contributed by atoms with Gasteiger partial charge < -0.3 is 10.0 Å². The number of hydrogen-bond acceptors (Lipinski definition) is 2. The lowest BCUT2D eigenvalue weighted by molar-refractivity contribution is -0.137. The average molecular weight is 203 g/mol. The second-order valence-electron chi connectivity index (χ2n) is 3.90. The van der Waals surface area contributed by atoms with Crippen molar-refractivity contribution < 1.29 is 9.90 Å². The van der Waals surface area contributed by atoms with Crippen LogP contribution in [-0.4, -0.2) is 37.1 Å². The quantitative estimate of drug-likeness (QED) is 0.675. The minimum Gasteiger partial charge on any atom is -0.481 e. The minimum atomic E-state index is -0.670. The standard InChI is InChI=1S/C8H16O2.C3H9N/c1-2-3-4-5-6-7-8(9)10;1-4(2)3/h2-7H2,1H3,(H,9,10);1-3H3. The largest absolute Gasteiger partial charge is 0.481 e. The van der Waals surface area contributed by atoms with E-state index in [0.29, 0.717) is 6.42 Å². The number of nitrogens with zero attached hydrogens (tertiary/aromatic N) is 1. The summed E-state index contributed by atoms with van der Waals surface area (Å²) < 4.78 is 0. The number of rotatable bonds is 6. The molecule has 0 saturated carbocycles. The average Bonchev–Trinajstić information content (AvgIpc) is 2.02. The SMILES string of the molecule is CCCCCCCC(=O)O.CN(C)C. The number of carboxylic acids is 1. The summed E-state index contributed by atoms with van der Waals surface area (Å²) in [6.45, 7) is 2.15. The fourth-order valence-corrected chi connectivity index (χ4v) is 0.880. The molecule has 0 rings (SSSR count). The fourth-order valence-electron chi connectivity index (χ4n) is 0.880. The van der Waals surface area contributed by atoms with Gasteiger partial charge in [0.25, 0.3) is 0 Å². The van der Waals surface area contributed by atoms with Crippen LogP contribution >= 0.6 is 0 Å². The molecule has 0 bridgehead atoms. The zero-order chi connectivity index (χ0) is 11.4. The van der Waals surface area contributed by atoms with Gasteiger partial charge in [-0.3, -0.25) is 4.79 Å². The highest BCUT2D eigenvalue weighted by Crippen LogP contribution is 2.04. The molecule has 0 radical (unpaired) electrons. The molecule has 0 aliphatic heterocycles. The first-order valence-corrected chi connectivity index (χ1v) is 5.33. The van der Waals surface area contributed by atoms with Crippen LogP contribution in [0.4, 0.5) is 0 Å². The lowest BCUT2D eigenvalue weighted by atomic mass is 10.1. The fraction of sp³-hybridized carbons (Fsp3) is 0.909. The maximum absolute atomic E-state index is 10.0. The van der Waals surface area contributed by atoms with Crippen molar-refractivity contribution in [2.45, 2.75) is 45.4 Å². The summed E-state index contributed by atoms with van der Waals surface area (Å²) in [5, 5.41) is 8.27. The molecule has 86 valence electrons. The van der Waals surface area contributed by atoms with Crippen LogP contribution < -0.4 is 0 Å². The molecule has 0 amide bonds. The molecule has 0 unspecified atom stereocenters. The summed E-state index contributed by atoms with van der Waals surface area (Å²) in [5.74, 6) is -0.670. The van der Waals surface area contributed by atoms with E-state index in [1.165, 1.54) is 19.3 Å². The predicted octanol–water partition coefficient (Wildman–Crippen LogP) is 2.61. The van der Waals surface area contributed by atoms with Gasteiger partial charge in [0.2, 0.25) is 0 Å². The van der Waals surface area contributed by atoms with E-state index in [9.17, 15) is 4.79 Å². The maximum atomic E-state index is 10.0. The molecule has 0 spiro atoms. The van der Waals surface area contributed by atoms with Gasteiger partial charge in [0.05, 0.1) is 0 Å². The van der Waals surface area contributed by atoms with Gasteiger partial charge in [-0.2, -0.15) is 0 Å². The Balaban J connectivity index is 0. The second-order valence-corrected chi connectivity index (χ2v) is 3.90. The molecule has 0 aromatic carbocycles. The highest BCUT2D eigenvalue weighted by Gasteiger charge is 1.94. The van der Waals surface area contributed by atoms with E-state index in [1.807, 2.05) is 26.0 Å². The van der Waals surface area contributed by atoms with Gasteiger partial charge in [-0.1, -0.05) is 32.6 Å². The van der Waals surface area contributed by atoms with Gasteiger partial charge in [0, 0.05) is 6.42 Å². The Morgan fingerprint density at radius 1 is 1.07 bits per heavy atom. The highest BCUT2D eigenvalue weighted by molar-refractivity contribution is 5.66. The minimum absolute atomic E-state index is 0.337. The molecule has 0 aromatic heterocycles. The van der Waals surface area contributed by atoms with E-state index in [2.05, 4.69) is 6.92 Å². The van der Waals surface area contributed by atoms with Crippen molar-refractivity contribution in [1.82, 2.24) is 4.90 Å². The number of aliphatic carboxylic acids is 1. The molecule has 1 N–H and O–H groups in total. The lowest BCUT2D eigenvalue weighted by Gasteiger charge is -1.95. The topological polar surface area (TPSA) is 40.5 Å². The summed E-state index contributed by atoms with van der Waals surface area (Å²) in [6, 6.07) is 0. The van der Waals surface area contributed by atoms with E-state index < -0.39 is 5.97 Å². The molecule has 0 fully saturated rings. The Hall–Kier alpha value is -0.570. The molecule has 3 nitrogen and oxygen atoms in total. The molecular weight excluding hydrogens is 178 g/mol. The van der Waals surface area contributed by atoms with Crippen molar-refractivity contribution in [3.8, 4) is 0 Å². The number of carboxylic acid groups (broad SMARTS) is 1. The zero-order valence-corrected chi connectivity index (χ0v) is 10.0. The van der Waals surface area contributed by atoms with Crippen molar-refractivity contribution in [2.75, 3.05) is 21.1 Å². The van der Waals surface area contributed by atoms with Crippen LogP contribution in [0.1, 0.15) is 45.4 Å². The lowest BCUT2D eigenvalue weighted by Crippen LogP contribution is -1.99. The molecule has 0 aliphatic rings. The number of hydrogen-bond donors (Lipinski definition) is 1. The van der Waals surface area contributed by atoms with Crippen molar-refractivity contribution in [2.24, 2.45) is 0 Å². The van der Waals surface area contributed by atoms with E-state index in [1.54, 1.807) is 0 Å². The Kier molecular flexibility index (Phi) is 14.1. The summed E-state index contributed by atoms with van der Waals surface area (Å²) in [7, 11) is 6.00. The molecule has 3 heteroatoms. The van der Waals surface area contributed by atoms with Crippen LogP contribution in [0.3, 0.4) is 0 Å². The number of unbranched alkanes of at least 4 members (excludes halogenated alkanes) is 4. The summed E-state index contributed by atoms with van der Waals surface area (Å²) in [5.41, 5.74) is 0. The van der Waals surface area contributed by atoms with Crippen LogP contribution in [0.15, 0.2) is 0 Å². The second kappa shape index (κ2) is 12.4. The van der Waals surface area contributed by atoms with Gasteiger partial charge >= 0.3 is 5.97 Å². The van der Waals surface area contributed by atoms with Crippen LogP contribution in [-0.2, 0) is 4.79 Å². The normalized spacial score (nSPS) is 9.50. The number of carbonyl (C=O) groups is 1. The monoisotopic (exact) mass is 203 g/mol. The van der Waals surface area contributed by atoms with Gasteiger partial charge in [-0.15, -0.1) is 0 Å². The van der Waals surface area contributed by atoms with Gasteiger partial charge in [0.15, 0.2) is 0 Å². The first kappa shape index (κ1) is 15.9. The summed E-state index contributed by atoms with van der Waals surface area (Å²) in [6.07, 6.45) is 5.88. The van der Waals surface area contributed by atoms with E-state index in [4.69, 9.17) is 5.11 Å². The zero-order valence-electron chi connectivity index (χ0n) is 10.0. The predicted molar refractivity (Wildman–Crippen MR) is 60.6 cm³/mol. The van der Waals surface area contributed by atoms with Crippen LogP contribution in [0, 0.1) is 0 Å². The maximum Gasteiger partial charge on any atom is 0.303 e. The van der Waals surface area contributed by atoms with E-state index in [0.717, 1.165) is 12.8 Å². The van der Waals surface area contributed by atoms with Gasteiger partial charge in [-0.25, -0.2) is 0 Å². The van der Waals surface area contributed by atoms with Crippen LogP contribution in [0.5, 0.6) is 0 Å². The smallest absolute Gasteiger partial charge is 0.303 e. The third kappa shape index (κ3) is 30.1. The summed E-state index contributed by atoms with van der Waals surface area (Å²) >= 11 is 0. The Labute approximate surface area is 88.1 Å². The Morgan fingerprint density at radius 3 is 1.86 bits per heavy atom. The van der Waals surface area contributed by atoms with Crippen molar-refractivity contribution in [3.63, 3.8) is 0 Å². The third-order valence-electron chi connectivity index (χ3n) is 1.49. The van der Waals surface area contributed by atoms with Crippen LogP contribution in [0.25, 0.3) is 0 Å². The molecule has 0 aromatic rings. The molecular formula is C11H25NO2. The molecule has 0 atom stereocenters. The summed E-state index contributed by atoms with van der Waals surface area (Å²) in [4.78, 5) is 12.0. The van der Waals surface area contributed by atoms with Gasteiger partial charge in [0.1, 0.15) is 0 Å². The molecule has 14 heavy (non-hydrogen) atoms. The Bertz CT molecular complexity index is 122. The van der Waals surface area contributed by atoms with Gasteiger partial charge in [-0.05, 0) is 27.6 Å². The van der Waals surface area contributed by atoms with Crippen molar-refractivity contribution in [3.05, 3.63) is 0 Å². The van der Waals surface area contributed by atoms with E-state index in [-0.39, 0.29) is 0 Å². The van der Waals surface area contributed by atoms with Crippen molar-refractivity contribution >= 4 is 5.97 Å². The Morgan fingerprint density at radius 2 is 1.50 bits per heavy atom. The van der Waals surface area contributed by atoms with E-state index >= 15 is 0 Å². The molecule has 0 aliphatic carbocycles. The third-order valence-corrected chi connectivity index (χ3v) is 1.49. The van der Waals surface area contributed by atoms with Crippen LogP contribution in [0.2, 0.25) is 0 Å². The van der Waals surface area contributed by atoms with Crippen molar-refractivity contribution in [1.29, 1.82) is 0 Å². The first-order valence-electron chi connectivity index (χ1n) is 5.33. The highest BCUT2D eigenvalue weighted by atomic mass is 16.4. The molecule has 0 saturated heterocycles.